The number of aliphatic hydroxyl groups excluding tert-OH is 1. The molecule has 1 heterocycles. The molecule has 0 bridgehead atoms. The lowest BCUT2D eigenvalue weighted by Crippen LogP contribution is -2.50. The van der Waals surface area contributed by atoms with E-state index in [0.29, 0.717) is 0 Å². The molecule has 2 unspecified atom stereocenters. The highest BCUT2D eigenvalue weighted by Crippen LogP contribution is 2.41. The lowest BCUT2D eigenvalue weighted by molar-refractivity contribution is -0.155. The van der Waals surface area contributed by atoms with Crippen LogP contribution < -0.4 is 0 Å². The third-order valence-electron chi connectivity index (χ3n) is 3.07. The van der Waals surface area contributed by atoms with Gasteiger partial charge in [0.25, 0.3) is 0 Å². The maximum atomic E-state index is 14.3. The van der Waals surface area contributed by atoms with Gasteiger partial charge >= 0.3 is 0 Å². The molecule has 7 heteroatoms. The molecule has 5 nitrogen and oxygen atoms in total. The van der Waals surface area contributed by atoms with E-state index in [0.717, 1.165) is 0 Å². The van der Waals surface area contributed by atoms with Gasteiger partial charge in [0, 0.05) is 21.1 Å². The summed E-state index contributed by atoms with van der Waals surface area (Å²) < 4.78 is 44.0. The van der Waals surface area contributed by atoms with Crippen LogP contribution in [0.4, 0.5) is 4.39 Å². The van der Waals surface area contributed by atoms with Gasteiger partial charge in [-0.15, -0.1) is 0 Å². The fraction of sp³-hybridized carbons (Fsp3) is 0.923. The van der Waals surface area contributed by atoms with Gasteiger partial charge in [0.15, 0.2) is 8.38 Å². The quantitative estimate of drug-likeness (QED) is 0.624. The van der Waals surface area contributed by atoms with E-state index in [1.165, 1.54) is 7.11 Å². The summed E-state index contributed by atoms with van der Waals surface area (Å²) in [5.74, 6) is -0.268. The zero-order valence-corrected chi connectivity index (χ0v) is 13.3. The Morgan fingerprint density at radius 1 is 1.60 bits per heavy atom. The van der Waals surface area contributed by atoms with Crippen LogP contribution in [0.5, 0.6) is 0 Å². The first-order valence-corrected chi connectivity index (χ1v) is 8.03. The van der Waals surface area contributed by atoms with E-state index >= 15 is 0 Å². The molecular formula is C13H25FNO4P. The summed E-state index contributed by atoms with van der Waals surface area (Å²) in [5, 5.41) is 11.9. The summed E-state index contributed by atoms with van der Waals surface area (Å²) in [6, 6.07) is 1.97. The zero-order chi connectivity index (χ0) is 17.1. The SMILES string of the molecule is [2H]C[C@H]1OC(C)[C@@H](C)[C@H](F)[C@@H]1OP(C)OCCC#N.[3H]OC. The minimum absolute atomic E-state index is 0.0382. The molecule has 1 aliphatic heterocycles. The van der Waals surface area contributed by atoms with Gasteiger partial charge in [0.1, 0.15) is 12.3 Å². The van der Waals surface area contributed by atoms with Crippen molar-refractivity contribution in [2.75, 3.05) is 20.4 Å². The number of nitriles is 1. The summed E-state index contributed by atoms with van der Waals surface area (Å²) in [6.45, 7) is 5.56. The van der Waals surface area contributed by atoms with E-state index in [2.05, 4.69) is 5.11 Å². The number of halogens is 1. The summed E-state index contributed by atoms with van der Waals surface area (Å²) in [7, 11) is 0.0299. The molecular weight excluding hydrogens is 284 g/mol. The van der Waals surface area contributed by atoms with Crippen LogP contribution in [0.15, 0.2) is 0 Å². The Labute approximate surface area is 124 Å². The Morgan fingerprint density at radius 3 is 2.80 bits per heavy atom. The van der Waals surface area contributed by atoms with Gasteiger partial charge in [-0.2, -0.15) is 5.26 Å². The van der Waals surface area contributed by atoms with Crippen LogP contribution in [0, 0.1) is 17.2 Å². The topological polar surface area (TPSA) is 71.7 Å². The van der Waals surface area contributed by atoms with Crippen molar-refractivity contribution < 1.29 is 24.7 Å². The van der Waals surface area contributed by atoms with E-state index < -0.39 is 26.8 Å². The number of ether oxygens (including phenoxy) is 1. The van der Waals surface area contributed by atoms with E-state index in [4.69, 9.17) is 21.8 Å². The predicted molar refractivity (Wildman–Crippen MR) is 76.1 cm³/mol. The van der Waals surface area contributed by atoms with Crippen LogP contribution in [0.1, 0.15) is 28.5 Å². The highest BCUT2D eigenvalue weighted by molar-refractivity contribution is 7.46. The first-order chi connectivity index (χ1) is 10.4. The molecule has 0 spiro atoms. The van der Waals surface area contributed by atoms with Gasteiger partial charge in [-0.05, 0) is 13.8 Å². The number of hydrogen-bond donors (Lipinski definition) is 1. The average molecular weight is 312 g/mol. The highest BCUT2D eigenvalue weighted by atomic mass is 31.2. The second-order valence-electron chi connectivity index (χ2n) is 4.43. The van der Waals surface area contributed by atoms with Crippen LogP contribution in [-0.2, 0) is 13.8 Å². The van der Waals surface area contributed by atoms with E-state index in [-0.39, 0.29) is 31.9 Å². The second-order valence-corrected chi connectivity index (χ2v) is 5.78. The van der Waals surface area contributed by atoms with Crippen LogP contribution in [0.2, 0.25) is 0 Å². The smallest absolute Gasteiger partial charge is 0.210 e. The van der Waals surface area contributed by atoms with Crippen molar-refractivity contribution in [3.05, 3.63) is 0 Å². The molecule has 6 atom stereocenters. The molecule has 0 aromatic rings. The average Bonchev–Trinajstić information content (AvgIpc) is 2.48. The van der Waals surface area contributed by atoms with Crippen molar-refractivity contribution in [1.82, 2.24) is 0 Å². The van der Waals surface area contributed by atoms with E-state index in [9.17, 15) is 4.39 Å². The zero-order valence-electron chi connectivity index (χ0n) is 14.4. The van der Waals surface area contributed by atoms with Crippen molar-refractivity contribution in [2.24, 2.45) is 5.92 Å². The van der Waals surface area contributed by atoms with E-state index in [1.807, 2.05) is 13.0 Å². The lowest BCUT2D eigenvalue weighted by Gasteiger charge is -2.40. The molecule has 1 fully saturated rings. The van der Waals surface area contributed by atoms with Gasteiger partial charge in [0.2, 0.25) is 1.43 Å². The number of hydrogen-bond acceptors (Lipinski definition) is 5. The molecule has 0 aromatic carbocycles. The number of nitrogens with zero attached hydrogens (tertiary/aromatic N) is 1. The minimum atomic E-state index is -1.26. The summed E-state index contributed by atoms with van der Waals surface area (Å²) in [6.07, 6.45) is -2.42. The lowest BCUT2D eigenvalue weighted by atomic mass is 9.90. The Kier molecular flexibility index (Phi) is 8.37. The van der Waals surface area contributed by atoms with Gasteiger partial charge < -0.3 is 18.9 Å². The Morgan fingerprint density at radius 2 is 2.25 bits per heavy atom. The van der Waals surface area contributed by atoms with E-state index in [1.54, 1.807) is 13.6 Å². The number of rotatable bonds is 5. The first-order valence-electron chi connectivity index (χ1n) is 7.52. The standard InChI is InChI=1S/C12H21FNO3P.CH4O/c1-8-9(2)16-10(3)12(11(8)13)17-18(4)15-7-5-6-14;1-2/h8-12H,5,7H2,1-4H3;2H,1H3/t8-,9?,10-,11+,12-,18?;/m1./s1/i3D;2T. The van der Waals surface area contributed by atoms with Crippen molar-refractivity contribution in [1.29, 1.82) is 6.69 Å². The number of alkyl halides is 1. The van der Waals surface area contributed by atoms with Crippen LogP contribution in [-0.4, -0.2) is 51.4 Å². The Bertz CT molecular complexity index is 336. The van der Waals surface area contributed by atoms with Crippen molar-refractivity contribution >= 4 is 8.38 Å². The van der Waals surface area contributed by atoms with Gasteiger partial charge in [-0.1, -0.05) is 6.92 Å². The van der Waals surface area contributed by atoms with Gasteiger partial charge in [0.05, 0.1) is 31.3 Å². The fourth-order valence-corrected chi connectivity index (χ4v) is 2.79. The molecule has 0 amide bonds. The van der Waals surface area contributed by atoms with Crippen LogP contribution in [0.3, 0.4) is 0 Å². The molecule has 118 valence electrons. The molecule has 0 radical (unpaired) electrons. The van der Waals surface area contributed by atoms with Crippen molar-refractivity contribution in [3.63, 3.8) is 0 Å². The fourth-order valence-electron chi connectivity index (χ4n) is 1.79. The van der Waals surface area contributed by atoms with Crippen molar-refractivity contribution in [3.8, 4) is 6.07 Å². The second kappa shape index (κ2) is 10.4. The molecule has 1 aliphatic rings. The third kappa shape index (κ3) is 5.99. The summed E-state index contributed by atoms with van der Waals surface area (Å²) in [4.78, 5) is 0. The Balaban J connectivity index is 0.00000135. The predicted octanol–water partition coefficient (Wildman–Crippen LogP) is 2.63. The monoisotopic (exact) mass is 312 g/mol. The maximum Gasteiger partial charge on any atom is 0.210 e. The molecule has 0 aromatic heterocycles. The van der Waals surface area contributed by atoms with Crippen molar-refractivity contribution in [2.45, 2.75) is 51.7 Å². The van der Waals surface area contributed by atoms with Gasteiger partial charge in [-0.3, -0.25) is 0 Å². The molecule has 1 N–H and O–H groups in total. The molecule has 0 saturated carbocycles. The highest BCUT2D eigenvalue weighted by Gasteiger charge is 2.42. The largest absolute Gasteiger partial charge is 0.400 e. The van der Waals surface area contributed by atoms with Gasteiger partial charge in [-0.25, -0.2) is 4.39 Å². The minimum Gasteiger partial charge on any atom is -0.400 e. The molecule has 0 aliphatic carbocycles. The molecule has 1 rings (SSSR count). The maximum absolute atomic E-state index is 14.3. The Hall–Kier alpha value is -0.310. The normalized spacial score (nSPS) is 35.9. The molecule has 20 heavy (non-hydrogen) atoms. The summed E-state index contributed by atoms with van der Waals surface area (Å²) >= 11 is 0. The van der Waals surface area contributed by atoms with Crippen LogP contribution >= 0.6 is 8.38 Å². The van der Waals surface area contributed by atoms with Crippen LogP contribution in [0.25, 0.3) is 0 Å². The summed E-state index contributed by atoms with van der Waals surface area (Å²) in [5.41, 5.74) is 0. The first kappa shape index (κ1) is 16.1. The number of aliphatic hydroxyl groups is 1. The third-order valence-corrected chi connectivity index (χ3v) is 4.16. The molecule has 1 saturated heterocycles.